The number of nitriles is 1. The second-order valence-electron chi connectivity index (χ2n) is 4.52. The van der Waals surface area contributed by atoms with Crippen molar-refractivity contribution in [3.8, 4) is 6.07 Å². The molecule has 0 bridgehead atoms. The van der Waals surface area contributed by atoms with Gasteiger partial charge in [-0.3, -0.25) is 4.40 Å². The molecule has 0 radical (unpaired) electrons. The number of pyridine rings is 2. The quantitative estimate of drug-likeness (QED) is 0.496. The first-order valence-corrected chi connectivity index (χ1v) is 6.82. The Morgan fingerprint density at radius 3 is 2.80 bits per heavy atom. The smallest absolute Gasteiger partial charge is 0.178 e. The number of fused-ring (bicyclic) bond motifs is 5. The molecule has 0 saturated heterocycles. The fraction of sp³-hybridized carbons (Fsp3) is 0. The van der Waals surface area contributed by atoms with Crippen molar-refractivity contribution in [1.29, 1.82) is 5.26 Å². The van der Waals surface area contributed by atoms with Crippen LogP contribution in [-0.4, -0.2) is 14.4 Å². The Bertz CT molecular complexity index is 1030. The molecule has 0 atom stereocenters. The lowest BCUT2D eigenvalue weighted by atomic mass is 10.1. The van der Waals surface area contributed by atoms with Gasteiger partial charge in [-0.15, -0.1) is 0 Å². The molecule has 94 valence electrons. The topological polar surface area (TPSA) is 54.0 Å². The van der Waals surface area contributed by atoms with E-state index in [1.807, 2.05) is 40.8 Å². The van der Waals surface area contributed by atoms with Crippen LogP contribution in [0.25, 0.3) is 27.7 Å². The van der Waals surface area contributed by atoms with Gasteiger partial charge >= 0.3 is 0 Å². The minimum absolute atomic E-state index is 0.634. The van der Waals surface area contributed by atoms with Crippen molar-refractivity contribution >= 4 is 43.6 Å². The Morgan fingerprint density at radius 2 is 1.95 bits per heavy atom. The summed E-state index contributed by atoms with van der Waals surface area (Å²) in [6, 6.07) is 13.8. The van der Waals surface area contributed by atoms with Crippen LogP contribution in [0.2, 0.25) is 0 Å². The van der Waals surface area contributed by atoms with E-state index in [1.165, 1.54) is 0 Å². The summed E-state index contributed by atoms with van der Waals surface area (Å²) in [5, 5.41) is 10.1. The fourth-order valence-electron chi connectivity index (χ4n) is 2.43. The molecule has 4 nitrogen and oxygen atoms in total. The van der Waals surface area contributed by atoms with Crippen molar-refractivity contribution in [3.63, 3.8) is 0 Å². The predicted molar refractivity (Wildman–Crippen MR) is 80.4 cm³/mol. The van der Waals surface area contributed by atoms with Gasteiger partial charge < -0.3 is 0 Å². The van der Waals surface area contributed by atoms with Gasteiger partial charge in [0.1, 0.15) is 5.65 Å². The zero-order valence-electron chi connectivity index (χ0n) is 10.2. The molecule has 0 aliphatic carbocycles. The number of halogens is 1. The van der Waals surface area contributed by atoms with E-state index in [0.29, 0.717) is 11.2 Å². The van der Waals surface area contributed by atoms with Gasteiger partial charge in [0.25, 0.3) is 0 Å². The number of aromatic nitrogens is 3. The Hall–Kier alpha value is -2.45. The molecule has 0 N–H and O–H groups in total. The summed E-state index contributed by atoms with van der Waals surface area (Å²) in [6.07, 6.45) is 1.73. The molecule has 4 aromatic rings. The van der Waals surface area contributed by atoms with E-state index in [0.717, 1.165) is 26.5 Å². The van der Waals surface area contributed by atoms with Gasteiger partial charge in [-0.2, -0.15) is 5.26 Å². The first kappa shape index (κ1) is 11.4. The van der Waals surface area contributed by atoms with Gasteiger partial charge in [0.05, 0.1) is 22.7 Å². The number of imidazole rings is 1. The highest BCUT2D eigenvalue weighted by molar-refractivity contribution is 9.10. The van der Waals surface area contributed by atoms with Crippen LogP contribution < -0.4 is 0 Å². The van der Waals surface area contributed by atoms with Crippen molar-refractivity contribution in [1.82, 2.24) is 14.4 Å². The standard InChI is InChI=1S/C15H7BrN4/c16-11-6-13-15(18-8-11)19-14-4-3-10-2-1-9(7-17)5-12(10)20(13)14/h1-6,8H. The molecule has 20 heavy (non-hydrogen) atoms. The zero-order valence-corrected chi connectivity index (χ0v) is 11.8. The van der Waals surface area contributed by atoms with Gasteiger partial charge in [-0.05, 0) is 51.6 Å². The Morgan fingerprint density at radius 1 is 1.10 bits per heavy atom. The normalized spacial score (nSPS) is 11.2. The molecule has 5 heteroatoms. The Balaban J connectivity index is 2.30. The highest BCUT2D eigenvalue weighted by Gasteiger charge is 2.09. The third-order valence-corrected chi connectivity index (χ3v) is 3.75. The summed E-state index contributed by atoms with van der Waals surface area (Å²) < 4.78 is 2.93. The van der Waals surface area contributed by atoms with Crippen LogP contribution in [0, 0.1) is 11.3 Å². The molecular weight excluding hydrogens is 316 g/mol. The third kappa shape index (κ3) is 1.52. The van der Waals surface area contributed by atoms with Crippen molar-refractivity contribution in [2.45, 2.75) is 0 Å². The summed E-state index contributed by atoms with van der Waals surface area (Å²) >= 11 is 3.44. The van der Waals surface area contributed by atoms with Crippen LogP contribution >= 0.6 is 15.9 Å². The van der Waals surface area contributed by atoms with Gasteiger partial charge in [0.2, 0.25) is 0 Å². The predicted octanol–water partition coefficient (Wildman–Crippen LogP) is 3.67. The minimum atomic E-state index is 0.634. The molecule has 4 rings (SSSR count). The van der Waals surface area contributed by atoms with E-state index in [9.17, 15) is 0 Å². The first-order valence-electron chi connectivity index (χ1n) is 6.03. The largest absolute Gasteiger partial charge is 0.290 e. The van der Waals surface area contributed by atoms with Gasteiger partial charge in [0, 0.05) is 10.7 Å². The maximum atomic E-state index is 9.08. The van der Waals surface area contributed by atoms with E-state index in [-0.39, 0.29) is 0 Å². The Kier molecular flexibility index (Phi) is 2.29. The molecule has 3 aromatic heterocycles. The lowest BCUT2D eigenvalue weighted by Crippen LogP contribution is -1.89. The van der Waals surface area contributed by atoms with Crippen molar-refractivity contribution in [2.75, 3.05) is 0 Å². The maximum Gasteiger partial charge on any atom is 0.178 e. The first-order chi connectivity index (χ1) is 9.76. The highest BCUT2D eigenvalue weighted by atomic mass is 79.9. The molecule has 0 fully saturated rings. The van der Waals surface area contributed by atoms with Gasteiger partial charge in [-0.25, -0.2) is 9.97 Å². The average molecular weight is 323 g/mol. The second kappa shape index (κ2) is 4.02. The number of hydrogen-bond donors (Lipinski definition) is 0. The van der Waals surface area contributed by atoms with E-state index < -0.39 is 0 Å². The summed E-state index contributed by atoms with van der Waals surface area (Å²) in [4.78, 5) is 8.83. The SMILES string of the molecule is N#Cc1ccc2ccc3nc4ncc(Br)cc4n3c2c1. The summed E-state index contributed by atoms with van der Waals surface area (Å²) in [6.45, 7) is 0. The molecule has 3 heterocycles. The van der Waals surface area contributed by atoms with Crippen LogP contribution in [-0.2, 0) is 0 Å². The van der Waals surface area contributed by atoms with Gasteiger partial charge in [0.15, 0.2) is 5.65 Å². The van der Waals surface area contributed by atoms with Crippen LogP contribution in [0.1, 0.15) is 5.56 Å². The Labute approximate surface area is 122 Å². The van der Waals surface area contributed by atoms with E-state index in [4.69, 9.17) is 5.26 Å². The van der Waals surface area contributed by atoms with E-state index in [2.05, 4.69) is 32.0 Å². The molecule has 0 amide bonds. The van der Waals surface area contributed by atoms with Crippen molar-refractivity contribution in [3.05, 3.63) is 52.6 Å². The van der Waals surface area contributed by atoms with Crippen LogP contribution in [0.3, 0.4) is 0 Å². The zero-order chi connectivity index (χ0) is 13.7. The molecular formula is C15H7BrN4. The fourth-order valence-corrected chi connectivity index (χ4v) is 2.75. The number of rotatable bonds is 0. The average Bonchev–Trinajstić information content (AvgIpc) is 2.84. The molecule has 0 unspecified atom stereocenters. The lowest BCUT2D eigenvalue weighted by molar-refractivity contribution is 1.29. The van der Waals surface area contributed by atoms with E-state index >= 15 is 0 Å². The van der Waals surface area contributed by atoms with E-state index in [1.54, 1.807) is 6.20 Å². The number of benzene rings is 1. The summed E-state index contributed by atoms with van der Waals surface area (Å²) in [7, 11) is 0. The van der Waals surface area contributed by atoms with Crippen LogP contribution in [0.4, 0.5) is 0 Å². The lowest BCUT2D eigenvalue weighted by Gasteiger charge is -2.03. The van der Waals surface area contributed by atoms with Gasteiger partial charge in [-0.1, -0.05) is 6.07 Å². The minimum Gasteiger partial charge on any atom is -0.290 e. The molecule has 0 aliphatic rings. The maximum absolute atomic E-state index is 9.08. The highest BCUT2D eigenvalue weighted by Crippen LogP contribution is 2.24. The van der Waals surface area contributed by atoms with Crippen LogP contribution in [0.5, 0.6) is 0 Å². The number of nitrogens with zero attached hydrogens (tertiary/aromatic N) is 4. The summed E-state index contributed by atoms with van der Waals surface area (Å²) in [5.41, 5.74) is 4.05. The summed E-state index contributed by atoms with van der Waals surface area (Å²) in [5.74, 6) is 0. The molecule has 0 aliphatic heterocycles. The molecule has 1 aromatic carbocycles. The third-order valence-electron chi connectivity index (χ3n) is 3.32. The second-order valence-corrected chi connectivity index (χ2v) is 5.44. The van der Waals surface area contributed by atoms with Crippen molar-refractivity contribution in [2.24, 2.45) is 0 Å². The monoisotopic (exact) mass is 322 g/mol. The molecule has 0 saturated carbocycles. The van der Waals surface area contributed by atoms with Crippen LogP contribution in [0.15, 0.2) is 47.1 Å². The number of hydrogen-bond acceptors (Lipinski definition) is 3. The van der Waals surface area contributed by atoms with Crippen molar-refractivity contribution < 1.29 is 0 Å². The molecule has 0 spiro atoms.